The number of halogens is 2. The second kappa shape index (κ2) is 5.87. The van der Waals surface area contributed by atoms with Gasteiger partial charge in [0.1, 0.15) is 0 Å². The van der Waals surface area contributed by atoms with E-state index < -0.39 is 9.05 Å². The maximum Gasteiger partial charge on any atom is 0.261 e. The SMILES string of the molecule is CC1=CCN(C(=O)c2cc(Br)cc(S(=O)(=O)Cl)c2)CC1. The normalized spacial score (nSPS) is 15.9. The molecule has 1 aromatic rings. The topological polar surface area (TPSA) is 54.5 Å². The highest BCUT2D eigenvalue weighted by atomic mass is 79.9. The van der Waals surface area contributed by atoms with Crippen molar-refractivity contribution in [3.8, 4) is 0 Å². The standard InChI is InChI=1S/C13H13BrClNO3S/c1-9-2-4-16(5-3-9)13(17)10-6-11(14)8-12(7-10)20(15,18)19/h2,6-8H,3-5H2,1H3. The third-order valence-electron chi connectivity index (χ3n) is 3.12. The Morgan fingerprint density at radius 1 is 1.35 bits per heavy atom. The van der Waals surface area contributed by atoms with Crippen LogP contribution in [0.2, 0.25) is 0 Å². The van der Waals surface area contributed by atoms with Crippen LogP contribution in [0.5, 0.6) is 0 Å². The minimum Gasteiger partial charge on any atom is -0.335 e. The van der Waals surface area contributed by atoms with E-state index in [-0.39, 0.29) is 10.8 Å². The first-order valence-corrected chi connectivity index (χ1v) is 9.08. The monoisotopic (exact) mass is 377 g/mol. The molecule has 1 aliphatic heterocycles. The van der Waals surface area contributed by atoms with E-state index in [1.54, 1.807) is 11.0 Å². The summed E-state index contributed by atoms with van der Waals surface area (Å²) in [5.41, 5.74) is 1.57. The third kappa shape index (κ3) is 3.62. The summed E-state index contributed by atoms with van der Waals surface area (Å²) in [5, 5.41) is 0. The van der Waals surface area contributed by atoms with Crippen molar-refractivity contribution in [1.82, 2.24) is 4.90 Å². The Balaban J connectivity index is 2.33. The molecule has 4 nitrogen and oxygen atoms in total. The summed E-state index contributed by atoms with van der Waals surface area (Å²) in [5.74, 6) is -0.198. The van der Waals surface area contributed by atoms with Gasteiger partial charge in [-0.1, -0.05) is 27.6 Å². The Morgan fingerprint density at radius 3 is 2.60 bits per heavy atom. The van der Waals surface area contributed by atoms with Crippen molar-refractivity contribution < 1.29 is 13.2 Å². The van der Waals surface area contributed by atoms with Gasteiger partial charge in [-0.15, -0.1) is 0 Å². The Bertz CT molecular complexity index is 685. The van der Waals surface area contributed by atoms with Crippen molar-refractivity contribution in [1.29, 1.82) is 0 Å². The van der Waals surface area contributed by atoms with E-state index in [1.165, 1.54) is 17.7 Å². The minimum atomic E-state index is -3.86. The lowest BCUT2D eigenvalue weighted by Gasteiger charge is -2.25. The van der Waals surface area contributed by atoms with Crippen LogP contribution in [0.3, 0.4) is 0 Å². The van der Waals surface area contributed by atoms with Crippen molar-refractivity contribution in [3.63, 3.8) is 0 Å². The lowest BCUT2D eigenvalue weighted by Crippen LogP contribution is -2.34. The fourth-order valence-corrected chi connectivity index (χ4v) is 3.41. The minimum absolute atomic E-state index is 0.0828. The van der Waals surface area contributed by atoms with Crippen molar-refractivity contribution >= 4 is 41.6 Å². The van der Waals surface area contributed by atoms with E-state index in [0.29, 0.717) is 23.1 Å². The van der Waals surface area contributed by atoms with Crippen LogP contribution in [-0.2, 0) is 9.05 Å². The summed E-state index contributed by atoms with van der Waals surface area (Å²) < 4.78 is 23.3. The number of nitrogens with zero attached hydrogens (tertiary/aromatic N) is 1. The molecule has 0 atom stereocenters. The van der Waals surface area contributed by atoms with Crippen molar-refractivity contribution in [2.24, 2.45) is 0 Å². The van der Waals surface area contributed by atoms with Gasteiger partial charge in [0.15, 0.2) is 0 Å². The lowest BCUT2D eigenvalue weighted by molar-refractivity contribution is 0.0768. The molecule has 108 valence electrons. The molecule has 0 aliphatic carbocycles. The summed E-state index contributed by atoms with van der Waals surface area (Å²) in [6.07, 6.45) is 2.83. The average molecular weight is 379 g/mol. The van der Waals surface area contributed by atoms with Crippen molar-refractivity contribution in [2.45, 2.75) is 18.2 Å². The average Bonchev–Trinajstić information content (AvgIpc) is 2.37. The molecule has 0 bridgehead atoms. The molecular weight excluding hydrogens is 366 g/mol. The fraction of sp³-hybridized carbons (Fsp3) is 0.308. The van der Waals surface area contributed by atoms with Crippen LogP contribution < -0.4 is 0 Å². The summed E-state index contributed by atoms with van der Waals surface area (Å²) in [7, 11) is 1.47. The number of carbonyl (C=O) groups is 1. The zero-order valence-electron chi connectivity index (χ0n) is 10.8. The van der Waals surface area contributed by atoms with Crippen LogP contribution in [0.15, 0.2) is 39.2 Å². The first-order valence-electron chi connectivity index (χ1n) is 5.97. The maximum atomic E-state index is 12.4. The predicted octanol–water partition coefficient (Wildman–Crippen LogP) is 3.17. The molecule has 1 aliphatic rings. The molecule has 0 saturated carbocycles. The molecule has 0 unspecified atom stereocenters. The second-order valence-electron chi connectivity index (χ2n) is 4.67. The molecule has 0 saturated heterocycles. The van der Waals surface area contributed by atoms with Gasteiger partial charge in [-0.2, -0.15) is 0 Å². The highest BCUT2D eigenvalue weighted by molar-refractivity contribution is 9.10. The lowest BCUT2D eigenvalue weighted by atomic mass is 10.1. The van der Waals surface area contributed by atoms with Gasteiger partial charge < -0.3 is 4.90 Å². The van der Waals surface area contributed by atoms with E-state index in [9.17, 15) is 13.2 Å². The van der Waals surface area contributed by atoms with E-state index in [4.69, 9.17) is 10.7 Å². The molecular formula is C13H13BrClNO3S. The molecule has 20 heavy (non-hydrogen) atoms. The first-order chi connectivity index (χ1) is 9.27. The Labute approximate surface area is 131 Å². The molecule has 1 amide bonds. The van der Waals surface area contributed by atoms with E-state index in [1.807, 2.05) is 13.0 Å². The summed E-state index contributed by atoms with van der Waals surface area (Å²) in [6, 6.07) is 4.28. The number of amides is 1. The van der Waals surface area contributed by atoms with Gasteiger partial charge >= 0.3 is 0 Å². The Hall–Kier alpha value is -0.850. The fourth-order valence-electron chi connectivity index (χ4n) is 1.96. The first kappa shape index (κ1) is 15.5. The van der Waals surface area contributed by atoms with Crippen LogP contribution in [0.1, 0.15) is 23.7 Å². The van der Waals surface area contributed by atoms with E-state index >= 15 is 0 Å². The molecule has 2 rings (SSSR count). The van der Waals surface area contributed by atoms with Crippen LogP contribution in [0, 0.1) is 0 Å². The number of carbonyl (C=O) groups excluding carboxylic acids is 1. The second-order valence-corrected chi connectivity index (χ2v) is 8.15. The highest BCUT2D eigenvalue weighted by Gasteiger charge is 2.20. The Morgan fingerprint density at radius 2 is 2.05 bits per heavy atom. The quantitative estimate of drug-likeness (QED) is 0.587. The van der Waals surface area contributed by atoms with Gasteiger partial charge in [0.25, 0.3) is 15.0 Å². The smallest absolute Gasteiger partial charge is 0.261 e. The molecule has 7 heteroatoms. The summed E-state index contributed by atoms with van der Waals surface area (Å²) in [6.45, 7) is 3.20. The number of hydrogen-bond donors (Lipinski definition) is 0. The molecule has 0 radical (unpaired) electrons. The van der Waals surface area contributed by atoms with Crippen LogP contribution in [0.25, 0.3) is 0 Å². The van der Waals surface area contributed by atoms with Gasteiger partial charge in [-0.05, 0) is 31.5 Å². The van der Waals surface area contributed by atoms with Crippen LogP contribution in [0.4, 0.5) is 0 Å². The molecule has 0 N–H and O–H groups in total. The molecule has 0 fully saturated rings. The van der Waals surface area contributed by atoms with E-state index in [2.05, 4.69) is 15.9 Å². The van der Waals surface area contributed by atoms with Crippen LogP contribution in [-0.4, -0.2) is 32.3 Å². The third-order valence-corrected chi connectivity index (χ3v) is 4.91. The summed E-state index contributed by atoms with van der Waals surface area (Å²) >= 11 is 3.20. The zero-order valence-corrected chi connectivity index (χ0v) is 13.9. The van der Waals surface area contributed by atoms with Gasteiger partial charge in [0.2, 0.25) is 0 Å². The number of hydrogen-bond acceptors (Lipinski definition) is 3. The number of benzene rings is 1. The van der Waals surface area contributed by atoms with E-state index in [0.717, 1.165) is 6.42 Å². The van der Waals surface area contributed by atoms with Gasteiger partial charge in [0.05, 0.1) is 4.90 Å². The molecule has 1 heterocycles. The van der Waals surface area contributed by atoms with Crippen molar-refractivity contribution in [2.75, 3.05) is 13.1 Å². The largest absolute Gasteiger partial charge is 0.335 e. The van der Waals surface area contributed by atoms with Gasteiger partial charge in [0, 0.05) is 33.8 Å². The molecule has 1 aromatic carbocycles. The molecule has 0 spiro atoms. The molecule has 0 aromatic heterocycles. The Kier molecular flexibility index (Phi) is 4.56. The predicted molar refractivity (Wildman–Crippen MR) is 81.5 cm³/mol. The number of rotatable bonds is 2. The van der Waals surface area contributed by atoms with Gasteiger partial charge in [-0.3, -0.25) is 4.79 Å². The summed E-state index contributed by atoms with van der Waals surface area (Å²) in [4.78, 5) is 14.0. The highest BCUT2D eigenvalue weighted by Crippen LogP contribution is 2.24. The van der Waals surface area contributed by atoms with Crippen LogP contribution >= 0.6 is 26.6 Å². The van der Waals surface area contributed by atoms with Crippen molar-refractivity contribution in [3.05, 3.63) is 39.9 Å². The zero-order chi connectivity index (χ0) is 14.9. The maximum absolute atomic E-state index is 12.4. The van der Waals surface area contributed by atoms with Gasteiger partial charge in [-0.25, -0.2) is 8.42 Å².